The van der Waals surface area contributed by atoms with Gasteiger partial charge in [-0.25, -0.2) is 13.2 Å². The number of nitriles is 1. The van der Waals surface area contributed by atoms with Crippen molar-refractivity contribution in [3.05, 3.63) is 28.2 Å². The Hall–Kier alpha value is -1.43. The number of carbonyl (C=O) groups is 1. The van der Waals surface area contributed by atoms with E-state index < -0.39 is 21.9 Å². The highest BCUT2D eigenvalue weighted by molar-refractivity contribution is 9.10. The average molecular weight is 375 g/mol. The number of carboxylic acids is 1. The fourth-order valence-corrected chi connectivity index (χ4v) is 3.70. The van der Waals surface area contributed by atoms with Crippen LogP contribution in [-0.2, 0) is 10.0 Å². The van der Waals surface area contributed by atoms with E-state index in [0.29, 0.717) is 4.47 Å². The highest BCUT2D eigenvalue weighted by Gasteiger charge is 2.26. The smallest absolute Gasteiger partial charge is 0.336 e. The van der Waals surface area contributed by atoms with Crippen LogP contribution in [0.5, 0.6) is 0 Å². The predicted molar refractivity (Wildman–Crippen MR) is 80.3 cm³/mol. The number of carboxylic acid groups (broad SMARTS) is 1. The lowest BCUT2D eigenvalue weighted by Gasteiger charge is -2.21. The summed E-state index contributed by atoms with van der Waals surface area (Å²) in [5, 5.41) is 17.9. The predicted octanol–water partition coefficient (Wildman–Crippen LogP) is 2.32. The zero-order valence-corrected chi connectivity index (χ0v) is 14.0. The Balaban J connectivity index is 3.27. The van der Waals surface area contributed by atoms with E-state index in [9.17, 15) is 13.2 Å². The van der Waals surface area contributed by atoms with Gasteiger partial charge in [0.2, 0.25) is 10.0 Å². The molecule has 0 aliphatic carbocycles. The summed E-state index contributed by atoms with van der Waals surface area (Å²) in [5.41, 5.74) is -0.125. The van der Waals surface area contributed by atoms with Crippen LogP contribution in [0.3, 0.4) is 0 Å². The summed E-state index contributed by atoms with van der Waals surface area (Å²) >= 11 is 3.07. The Labute approximate surface area is 132 Å². The van der Waals surface area contributed by atoms with E-state index in [1.807, 2.05) is 6.07 Å². The largest absolute Gasteiger partial charge is 0.478 e. The first-order valence-electron chi connectivity index (χ1n) is 6.16. The summed E-state index contributed by atoms with van der Waals surface area (Å²) < 4.78 is 26.5. The molecule has 0 aliphatic heterocycles. The number of hydrogen-bond donors (Lipinski definition) is 1. The lowest BCUT2D eigenvalue weighted by Crippen LogP contribution is -2.34. The molecule has 0 saturated heterocycles. The third kappa shape index (κ3) is 4.03. The van der Waals surface area contributed by atoms with E-state index >= 15 is 0 Å². The first-order chi connectivity index (χ1) is 9.73. The molecule has 1 unspecified atom stereocenters. The second-order valence-corrected chi connectivity index (χ2v) is 7.22. The standard InChI is InChI=1S/C13H15BrN2O4S/c1-3-16(8-9(2)7-15)21(19,20)10-4-5-12(14)11(6-10)13(17)18/h4-6,9H,3,8H2,1-2H3,(H,17,18). The minimum atomic E-state index is -3.83. The van der Waals surface area contributed by atoms with E-state index in [4.69, 9.17) is 10.4 Å². The minimum Gasteiger partial charge on any atom is -0.478 e. The topological polar surface area (TPSA) is 98.5 Å². The van der Waals surface area contributed by atoms with Crippen molar-refractivity contribution >= 4 is 31.9 Å². The van der Waals surface area contributed by atoms with E-state index in [1.165, 1.54) is 12.1 Å². The van der Waals surface area contributed by atoms with E-state index in [-0.39, 0.29) is 23.5 Å². The van der Waals surface area contributed by atoms with Crippen molar-refractivity contribution in [3.8, 4) is 6.07 Å². The SMILES string of the molecule is CCN(CC(C)C#N)S(=O)(=O)c1ccc(Br)c(C(=O)O)c1. The maximum absolute atomic E-state index is 12.5. The van der Waals surface area contributed by atoms with Crippen molar-refractivity contribution < 1.29 is 18.3 Å². The van der Waals surface area contributed by atoms with Gasteiger partial charge in [-0.3, -0.25) is 0 Å². The highest BCUT2D eigenvalue weighted by Crippen LogP contribution is 2.23. The molecule has 1 aromatic carbocycles. The van der Waals surface area contributed by atoms with Crippen molar-refractivity contribution in [1.29, 1.82) is 5.26 Å². The Morgan fingerprint density at radius 2 is 2.14 bits per heavy atom. The summed E-state index contributed by atoms with van der Waals surface area (Å²) in [4.78, 5) is 11.0. The highest BCUT2D eigenvalue weighted by atomic mass is 79.9. The van der Waals surface area contributed by atoms with Crippen LogP contribution in [0.4, 0.5) is 0 Å². The first kappa shape index (κ1) is 17.6. The van der Waals surface area contributed by atoms with Crippen molar-refractivity contribution in [2.45, 2.75) is 18.7 Å². The van der Waals surface area contributed by atoms with E-state index in [2.05, 4.69) is 15.9 Å². The third-order valence-electron chi connectivity index (χ3n) is 2.86. The molecule has 0 amide bonds. The number of aromatic carboxylic acids is 1. The van der Waals surface area contributed by atoms with Gasteiger partial charge < -0.3 is 5.11 Å². The van der Waals surface area contributed by atoms with Crippen LogP contribution in [0.15, 0.2) is 27.6 Å². The molecule has 1 aromatic rings. The average Bonchev–Trinajstić information content (AvgIpc) is 2.43. The molecule has 1 atom stereocenters. The zero-order chi connectivity index (χ0) is 16.2. The number of sulfonamides is 1. The van der Waals surface area contributed by atoms with Gasteiger partial charge in [-0.15, -0.1) is 0 Å². The number of nitrogens with zero attached hydrogens (tertiary/aromatic N) is 2. The third-order valence-corrected chi connectivity index (χ3v) is 5.48. The van der Waals surface area contributed by atoms with Crippen molar-refractivity contribution in [2.75, 3.05) is 13.1 Å². The monoisotopic (exact) mass is 374 g/mol. The summed E-state index contributed by atoms with van der Waals surface area (Å²) in [6.45, 7) is 3.56. The molecular weight excluding hydrogens is 360 g/mol. The van der Waals surface area contributed by atoms with Crippen molar-refractivity contribution in [1.82, 2.24) is 4.31 Å². The van der Waals surface area contributed by atoms with Crippen LogP contribution >= 0.6 is 15.9 Å². The molecule has 0 radical (unpaired) electrons. The van der Waals surface area contributed by atoms with Gasteiger partial charge in [-0.05, 0) is 41.1 Å². The zero-order valence-electron chi connectivity index (χ0n) is 11.6. The molecule has 0 heterocycles. The molecule has 0 bridgehead atoms. The summed E-state index contributed by atoms with van der Waals surface area (Å²) in [6.07, 6.45) is 0. The molecule has 114 valence electrons. The normalized spacial score (nSPS) is 12.9. The molecule has 0 fully saturated rings. The number of hydrogen-bond acceptors (Lipinski definition) is 4. The first-order valence-corrected chi connectivity index (χ1v) is 8.40. The summed E-state index contributed by atoms with van der Waals surface area (Å²) in [5.74, 6) is -1.67. The Morgan fingerprint density at radius 3 is 2.62 bits per heavy atom. The van der Waals surface area contributed by atoms with Crippen molar-refractivity contribution in [3.63, 3.8) is 0 Å². The molecule has 21 heavy (non-hydrogen) atoms. The van der Waals surface area contributed by atoms with Crippen LogP contribution < -0.4 is 0 Å². The molecule has 1 N–H and O–H groups in total. The number of halogens is 1. The number of rotatable bonds is 6. The van der Waals surface area contributed by atoms with Gasteiger partial charge in [0.25, 0.3) is 0 Å². The van der Waals surface area contributed by atoms with Crippen LogP contribution in [0.25, 0.3) is 0 Å². The molecule has 0 aliphatic rings. The fraction of sp³-hybridized carbons (Fsp3) is 0.385. The van der Waals surface area contributed by atoms with Gasteiger partial charge in [0.05, 0.1) is 22.4 Å². The van der Waals surface area contributed by atoms with Gasteiger partial charge in [-0.2, -0.15) is 9.57 Å². The lowest BCUT2D eigenvalue weighted by atomic mass is 10.2. The maximum Gasteiger partial charge on any atom is 0.336 e. The Morgan fingerprint density at radius 1 is 1.52 bits per heavy atom. The minimum absolute atomic E-state index is 0.0633. The number of benzene rings is 1. The molecule has 1 rings (SSSR count). The van der Waals surface area contributed by atoms with Crippen LogP contribution in [0, 0.1) is 17.2 Å². The summed E-state index contributed by atoms with van der Waals surface area (Å²) in [7, 11) is -3.83. The molecular formula is C13H15BrN2O4S. The lowest BCUT2D eigenvalue weighted by molar-refractivity contribution is 0.0695. The Kier molecular flexibility index (Phi) is 5.89. The fourth-order valence-electron chi connectivity index (χ4n) is 1.72. The second-order valence-electron chi connectivity index (χ2n) is 4.43. The van der Waals surface area contributed by atoms with Gasteiger partial charge in [0.15, 0.2) is 0 Å². The van der Waals surface area contributed by atoms with Crippen LogP contribution in [0.2, 0.25) is 0 Å². The maximum atomic E-state index is 12.5. The molecule has 6 nitrogen and oxygen atoms in total. The van der Waals surface area contributed by atoms with Gasteiger partial charge in [-0.1, -0.05) is 6.92 Å². The Bertz CT molecular complexity index is 682. The van der Waals surface area contributed by atoms with Gasteiger partial charge >= 0.3 is 5.97 Å². The van der Waals surface area contributed by atoms with E-state index in [1.54, 1.807) is 13.8 Å². The molecule has 0 spiro atoms. The van der Waals surface area contributed by atoms with Crippen LogP contribution in [0.1, 0.15) is 24.2 Å². The van der Waals surface area contributed by atoms with Crippen LogP contribution in [-0.4, -0.2) is 36.9 Å². The molecule has 8 heteroatoms. The summed E-state index contributed by atoms with van der Waals surface area (Å²) in [6, 6.07) is 5.82. The quantitative estimate of drug-likeness (QED) is 0.823. The molecule has 0 saturated carbocycles. The molecule has 0 aromatic heterocycles. The van der Waals surface area contributed by atoms with Gasteiger partial charge in [0.1, 0.15) is 0 Å². The van der Waals surface area contributed by atoms with Crippen molar-refractivity contribution in [2.24, 2.45) is 5.92 Å². The van der Waals surface area contributed by atoms with E-state index in [0.717, 1.165) is 10.4 Å². The van der Waals surface area contributed by atoms with Gasteiger partial charge in [0, 0.05) is 17.6 Å². The second kappa shape index (κ2) is 7.02.